The van der Waals surface area contributed by atoms with Crippen LogP contribution in [0.1, 0.15) is 32.1 Å². The number of hydrogen-bond acceptors (Lipinski definition) is 0. The van der Waals surface area contributed by atoms with Crippen LogP contribution in [0, 0.1) is 5.92 Å². The minimum atomic E-state index is 1.04. The molecule has 0 bridgehead atoms. The summed E-state index contributed by atoms with van der Waals surface area (Å²) < 4.78 is 0. The summed E-state index contributed by atoms with van der Waals surface area (Å²) in [5.74, 6) is 2.16. The maximum absolute atomic E-state index is 2.56. The highest BCUT2D eigenvalue weighted by Gasteiger charge is 2.29. The average molecular weight is 121 g/mol. The molecule has 1 aliphatic heterocycles. The fraction of sp³-hybridized carbons (Fsp3) is 1.00. The molecule has 0 nitrogen and oxygen atoms in total. The SMILES string of the molecule is [B]1CCCC1C1CCC1. The van der Waals surface area contributed by atoms with Gasteiger partial charge in [-0.3, -0.25) is 0 Å². The summed E-state index contributed by atoms with van der Waals surface area (Å²) in [4.78, 5) is 0. The highest BCUT2D eigenvalue weighted by Crippen LogP contribution is 2.42. The van der Waals surface area contributed by atoms with E-state index in [0.717, 1.165) is 11.7 Å². The summed E-state index contributed by atoms with van der Waals surface area (Å²) in [6.07, 6.45) is 8.95. The van der Waals surface area contributed by atoms with E-state index >= 15 is 0 Å². The zero-order chi connectivity index (χ0) is 6.10. The van der Waals surface area contributed by atoms with Crippen molar-refractivity contribution in [2.75, 3.05) is 0 Å². The Morgan fingerprint density at radius 1 is 1.00 bits per heavy atom. The predicted octanol–water partition coefficient (Wildman–Crippen LogP) is 2.49. The van der Waals surface area contributed by atoms with Crippen molar-refractivity contribution in [2.45, 2.75) is 44.2 Å². The monoisotopic (exact) mass is 121 g/mol. The lowest BCUT2D eigenvalue weighted by Crippen LogP contribution is -2.18. The molecule has 2 aliphatic rings. The van der Waals surface area contributed by atoms with Gasteiger partial charge < -0.3 is 0 Å². The summed E-state index contributed by atoms with van der Waals surface area (Å²) in [6, 6.07) is 0. The third-order valence-corrected chi connectivity index (χ3v) is 2.97. The minimum absolute atomic E-state index is 1.04. The van der Waals surface area contributed by atoms with E-state index in [1.54, 1.807) is 0 Å². The van der Waals surface area contributed by atoms with Gasteiger partial charge in [0.05, 0.1) is 0 Å². The van der Waals surface area contributed by atoms with Crippen molar-refractivity contribution in [3.05, 3.63) is 0 Å². The van der Waals surface area contributed by atoms with E-state index in [9.17, 15) is 0 Å². The van der Waals surface area contributed by atoms with E-state index in [2.05, 4.69) is 7.28 Å². The van der Waals surface area contributed by atoms with Gasteiger partial charge in [-0.15, -0.1) is 0 Å². The molecule has 0 spiro atoms. The van der Waals surface area contributed by atoms with Crippen molar-refractivity contribution in [1.82, 2.24) is 0 Å². The topological polar surface area (TPSA) is 0 Å². The van der Waals surface area contributed by atoms with Crippen molar-refractivity contribution < 1.29 is 0 Å². The van der Waals surface area contributed by atoms with Crippen LogP contribution in [0.2, 0.25) is 12.1 Å². The molecular formula is C8H14B. The van der Waals surface area contributed by atoms with Crippen LogP contribution in [0.5, 0.6) is 0 Å². The van der Waals surface area contributed by atoms with E-state index < -0.39 is 0 Å². The molecule has 1 radical (unpaired) electrons. The lowest BCUT2D eigenvalue weighted by Gasteiger charge is -2.31. The van der Waals surface area contributed by atoms with Gasteiger partial charge >= 0.3 is 0 Å². The van der Waals surface area contributed by atoms with Crippen molar-refractivity contribution in [2.24, 2.45) is 5.92 Å². The van der Waals surface area contributed by atoms with Crippen LogP contribution in [0.3, 0.4) is 0 Å². The van der Waals surface area contributed by atoms with Crippen LogP contribution in [-0.4, -0.2) is 7.28 Å². The van der Waals surface area contributed by atoms with Gasteiger partial charge in [-0.05, 0) is 5.92 Å². The first-order valence-electron chi connectivity index (χ1n) is 4.30. The van der Waals surface area contributed by atoms with Gasteiger partial charge in [-0.2, -0.15) is 0 Å². The summed E-state index contributed by atoms with van der Waals surface area (Å²) in [5, 5.41) is 0. The maximum atomic E-state index is 2.56. The first kappa shape index (κ1) is 5.82. The summed E-state index contributed by atoms with van der Waals surface area (Å²) in [7, 11) is 2.56. The van der Waals surface area contributed by atoms with Gasteiger partial charge in [0.2, 0.25) is 0 Å². The van der Waals surface area contributed by atoms with Crippen LogP contribution in [0.15, 0.2) is 0 Å². The number of hydrogen-bond donors (Lipinski definition) is 0. The molecule has 0 aromatic carbocycles. The molecule has 1 heterocycles. The largest absolute Gasteiger partial charge is 0.113 e. The molecule has 1 saturated heterocycles. The normalized spacial score (nSPS) is 35.8. The van der Waals surface area contributed by atoms with Crippen molar-refractivity contribution in [3.8, 4) is 0 Å². The molecule has 1 heteroatoms. The van der Waals surface area contributed by atoms with Gasteiger partial charge in [0.1, 0.15) is 7.28 Å². The Kier molecular flexibility index (Phi) is 1.53. The molecule has 49 valence electrons. The molecule has 2 fully saturated rings. The Morgan fingerprint density at radius 2 is 1.89 bits per heavy atom. The lowest BCUT2D eigenvalue weighted by molar-refractivity contribution is 0.294. The molecule has 0 aromatic rings. The first-order chi connectivity index (χ1) is 4.47. The number of rotatable bonds is 1. The Balaban J connectivity index is 1.82. The fourth-order valence-corrected chi connectivity index (χ4v) is 2.10. The molecule has 0 aromatic heterocycles. The average Bonchev–Trinajstić information content (AvgIpc) is 2.11. The molecule has 1 atom stereocenters. The summed E-state index contributed by atoms with van der Waals surface area (Å²) in [6.45, 7) is 0. The highest BCUT2D eigenvalue weighted by molar-refractivity contribution is 6.38. The Hall–Kier alpha value is 0.0649. The Bertz CT molecular complexity index is 90.7. The van der Waals surface area contributed by atoms with Crippen LogP contribution in [0.4, 0.5) is 0 Å². The van der Waals surface area contributed by atoms with Crippen LogP contribution in [0.25, 0.3) is 0 Å². The smallest absolute Gasteiger partial charge is 0.0800 e. The highest BCUT2D eigenvalue weighted by atomic mass is 14.3. The molecular weight excluding hydrogens is 107 g/mol. The Morgan fingerprint density at radius 3 is 2.33 bits per heavy atom. The fourth-order valence-electron chi connectivity index (χ4n) is 2.10. The third-order valence-electron chi connectivity index (χ3n) is 2.97. The second kappa shape index (κ2) is 2.36. The first-order valence-corrected chi connectivity index (χ1v) is 4.30. The van der Waals surface area contributed by atoms with Gasteiger partial charge in [-0.25, -0.2) is 0 Å². The van der Waals surface area contributed by atoms with Crippen LogP contribution in [-0.2, 0) is 0 Å². The maximum Gasteiger partial charge on any atom is 0.113 e. The van der Waals surface area contributed by atoms with Crippen molar-refractivity contribution >= 4 is 7.28 Å². The quantitative estimate of drug-likeness (QED) is 0.467. The van der Waals surface area contributed by atoms with Gasteiger partial charge in [0.15, 0.2) is 0 Å². The molecule has 9 heavy (non-hydrogen) atoms. The van der Waals surface area contributed by atoms with Crippen molar-refractivity contribution in [1.29, 1.82) is 0 Å². The minimum Gasteiger partial charge on any atom is -0.0800 e. The standard InChI is InChI=1S/C8H14B/c1-3-7(4-1)8-5-2-6-9-8/h7-8H,1-6H2. The molecule has 1 aliphatic carbocycles. The molecule has 1 unspecified atom stereocenters. The van der Waals surface area contributed by atoms with Gasteiger partial charge in [-0.1, -0.05) is 44.2 Å². The van der Waals surface area contributed by atoms with Crippen LogP contribution < -0.4 is 0 Å². The zero-order valence-corrected chi connectivity index (χ0v) is 5.97. The molecule has 0 N–H and O–H groups in total. The summed E-state index contributed by atoms with van der Waals surface area (Å²) >= 11 is 0. The second-order valence-electron chi connectivity index (χ2n) is 3.52. The van der Waals surface area contributed by atoms with Gasteiger partial charge in [0, 0.05) is 0 Å². The van der Waals surface area contributed by atoms with E-state index in [-0.39, 0.29) is 0 Å². The molecule has 1 saturated carbocycles. The third kappa shape index (κ3) is 1.02. The zero-order valence-electron chi connectivity index (χ0n) is 5.97. The molecule has 2 rings (SSSR count). The van der Waals surface area contributed by atoms with Crippen molar-refractivity contribution in [3.63, 3.8) is 0 Å². The van der Waals surface area contributed by atoms with Gasteiger partial charge in [0.25, 0.3) is 0 Å². The second-order valence-corrected chi connectivity index (χ2v) is 3.52. The van der Waals surface area contributed by atoms with E-state index in [4.69, 9.17) is 0 Å². The van der Waals surface area contributed by atoms with E-state index in [0.29, 0.717) is 0 Å². The molecule has 0 amide bonds. The predicted molar refractivity (Wildman–Crippen MR) is 40.9 cm³/mol. The van der Waals surface area contributed by atoms with Crippen LogP contribution >= 0.6 is 0 Å². The Labute approximate surface area is 58.3 Å². The van der Waals surface area contributed by atoms with E-state index in [1.165, 1.54) is 38.4 Å². The summed E-state index contributed by atoms with van der Waals surface area (Å²) in [5.41, 5.74) is 0. The lowest BCUT2D eigenvalue weighted by atomic mass is 9.57. The van der Waals surface area contributed by atoms with E-state index in [1.807, 2.05) is 0 Å².